The van der Waals surface area contributed by atoms with Crippen molar-refractivity contribution in [3.63, 3.8) is 0 Å². The van der Waals surface area contributed by atoms with Gasteiger partial charge >= 0.3 is 0 Å². The van der Waals surface area contributed by atoms with E-state index < -0.39 is 0 Å². The monoisotopic (exact) mass is 209 g/mol. The molecule has 0 aliphatic heterocycles. The standard InChI is InChI=1S/C11H19N3O/c1-3-10(15-2)11-13-7-9(14-11)6-12-8-4-5-8/h7-8,10,12H,3-6H2,1-2H3,(H,13,14). The molecule has 84 valence electrons. The SMILES string of the molecule is CCC(OC)c1ncc(CNC2CC2)[nH]1. The number of H-pyrrole nitrogens is 1. The van der Waals surface area contributed by atoms with Gasteiger partial charge < -0.3 is 15.0 Å². The molecule has 2 rings (SSSR count). The summed E-state index contributed by atoms with van der Waals surface area (Å²) in [6.45, 7) is 2.98. The average Bonchev–Trinajstić information content (AvgIpc) is 2.97. The Bertz CT molecular complexity index is 303. The maximum Gasteiger partial charge on any atom is 0.135 e. The summed E-state index contributed by atoms with van der Waals surface area (Å²) in [5.41, 5.74) is 1.15. The van der Waals surface area contributed by atoms with Crippen LogP contribution in [-0.2, 0) is 11.3 Å². The van der Waals surface area contributed by atoms with Crippen LogP contribution in [0.2, 0.25) is 0 Å². The third kappa shape index (κ3) is 2.79. The summed E-state index contributed by atoms with van der Waals surface area (Å²) in [5, 5.41) is 3.45. The predicted molar refractivity (Wildman–Crippen MR) is 58.5 cm³/mol. The van der Waals surface area contributed by atoms with Gasteiger partial charge in [-0.1, -0.05) is 6.92 Å². The van der Waals surface area contributed by atoms with E-state index in [1.165, 1.54) is 12.8 Å². The average molecular weight is 209 g/mol. The van der Waals surface area contributed by atoms with Crippen LogP contribution in [0.4, 0.5) is 0 Å². The molecule has 4 nitrogen and oxygen atoms in total. The second-order valence-corrected chi connectivity index (χ2v) is 4.08. The molecule has 2 N–H and O–H groups in total. The molecular formula is C11H19N3O. The Hall–Kier alpha value is -0.870. The van der Waals surface area contributed by atoms with Crippen LogP contribution in [0.15, 0.2) is 6.20 Å². The zero-order chi connectivity index (χ0) is 10.7. The first kappa shape index (κ1) is 10.6. The lowest BCUT2D eigenvalue weighted by molar-refractivity contribution is 0.0932. The van der Waals surface area contributed by atoms with E-state index in [4.69, 9.17) is 4.74 Å². The summed E-state index contributed by atoms with van der Waals surface area (Å²) in [6, 6.07) is 0.737. The first-order valence-electron chi connectivity index (χ1n) is 5.63. The quantitative estimate of drug-likeness (QED) is 0.750. The van der Waals surface area contributed by atoms with Crippen molar-refractivity contribution < 1.29 is 4.74 Å². The fourth-order valence-corrected chi connectivity index (χ4v) is 1.64. The van der Waals surface area contributed by atoms with Crippen LogP contribution >= 0.6 is 0 Å². The number of ether oxygens (including phenoxy) is 1. The molecule has 1 saturated carbocycles. The molecule has 1 aliphatic carbocycles. The van der Waals surface area contributed by atoms with E-state index in [9.17, 15) is 0 Å². The van der Waals surface area contributed by atoms with Gasteiger partial charge in [0, 0.05) is 31.6 Å². The Labute approximate surface area is 90.4 Å². The minimum absolute atomic E-state index is 0.0969. The van der Waals surface area contributed by atoms with E-state index in [1.54, 1.807) is 7.11 Å². The fraction of sp³-hybridized carbons (Fsp3) is 0.727. The number of rotatable bonds is 6. The fourth-order valence-electron chi connectivity index (χ4n) is 1.64. The molecule has 0 spiro atoms. The van der Waals surface area contributed by atoms with Crippen molar-refractivity contribution in [3.05, 3.63) is 17.7 Å². The predicted octanol–water partition coefficient (Wildman–Crippen LogP) is 1.76. The Morgan fingerprint density at radius 1 is 1.67 bits per heavy atom. The largest absolute Gasteiger partial charge is 0.374 e. The number of nitrogens with one attached hydrogen (secondary N) is 2. The topological polar surface area (TPSA) is 49.9 Å². The van der Waals surface area contributed by atoms with Gasteiger partial charge in [-0.05, 0) is 19.3 Å². The number of nitrogens with zero attached hydrogens (tertiary/aromatic N) is 1. The van der Waals surface area contributed by atoms with Crippen molar-refractivity contribution in [2.75, 3.05) is 7.11 Å². The first-order chi connectivity index (χ1) is 7.33. The Morgan fingerprint density at radius 3 is 3.07 bits per heavy atom. The minimum atomic E-state index is 0.0969. The molecule has 0 saturated heterocycles. The number of aromatic nitrogens is 2. The number of aromatic amines is 1. The highest BCUT2D eigenvalue weighted by molar-refractivity contribution is 5.04. The van der Waals surface area contributed by atoms with Crippen molar-refractivity contribution >= 4 is 0 Å². The molecule has 1 unspecified atom stereocenters. The number of imidazole rings is 1. The van der Waals surface area contributed by atoms with Crippen molar-refractivity contribution in [1.29, 1.82) is 0 Å². The second-order valence-electron chi connectivity index (χ2n) is 4.08. The molecule has 4 heteroatoms. The van der Waals surface area contributed by atoms with E-state index in [0.717, 1.165) is 30.5 Å². The summed E-state index contributed by atoms with van der Waals surface area (Å²) >= 11 is 0. The Balaban J connectivity index is 1.89. The lowest BCUT2D eigenvalue weighted by Gasteiger charge is -2.09. The van der Waals surface area contributed by atoms with Crippen LogP contribution < -0.4 is 5.32 Å². The molecule has 0 radical (unpaired) electrons. The van der Waals surface area contributed by atoms with Crippen molar-refractivity contribution in [3.8, 4) is 0 Å². The van der Waals surface area contributed by atoms with Crippen LogP contribution in [0.1, 0.15) is 43.8 Å². The zero-order valence-electron chi connectivity index (χ0n) is 9.42. The van der Waals surface area contributed by atoms with Gasteiger partial charge in [0.15, 0.2) is 0 Å². The van der Waals surface area contributed by atoms with Crippen LogP contribution in [0.25, 0.3) is 0 Å². The molecule has 0 amide bonds. The summed E-state index contributed by atoms with van der Waals surface area (Å²) in [7, 11) is 1.72. The van der Waals surface area contributed by atoms with E-state index in [0.29, 0.717) is 0 Å². The maximum absolute atomic E-state index is 5.32. The summed E-state index contributed by atoms with van der Waals surface area (Å²) in [5.74, 6) is 0.938. The van der Waals surface area contributed by atoms with Gasteiger partial charge in [-0.3, -0.25) is 0 Å². The van der Waals surface area contributed by atoms with E-state index >= 15 is 0 Å². The molecule has 1 aromatic rings. The van der Waals surface area contributed by atoms with Gasteiger partial charge in [0.2, 0.25) is 0 Å². The molecule has 1 fully saturated rings. The van der Waals surface area contributed by atoms with E-state index in [2.05, 4.69) is 22.2 Å². The van der Waals surface area contributed by atoms with Crippen molar-refractivity contribution in [1.82, 2.24) is 15.3 Å². The van der Waals surface area contributed by atoms with Crippen LogP contribution in [0.3, 0.4) is 0 Å². The molecule has 1 aromatic heterocycles. The van der Waals surface area contributed by atoms with Crippen molar-refractivity contribution in [2.24, 2.45) is 0 Å². The summed E-state index contributed by atoms with van der Waals surface area (Å²) in [6.07, 6.45) is 5.57. The maximum atomic E-state index is 5.32. The molecule has 1 atom stereocenters. The molecule has 1 aliphatic rings. The molecule has 0 bridgehead atoms. The van der Waals surface area contributed by atoms with Gasteiger partial charge in [-0.15, -0.1) is 0 Å². The third-order valence-electron chi connectivity index (χ3n) is 2.77. The molecule has 0 aromatic carbocycles. The molecule has 15 heavy (non-hydrogen) atoms. The minimum Gasteiger partial charge on any atom is -0.374 e. The zero-order valence-corrected chi connectivity index (χ0v) is 9.42. The van der Waals surface area contributed by atoms with Gasteiger partial charge in [0.05, 0.1) is 0 Å². The normalized spacial score (nSPS) is 18.0. The summed E-state index contributed by atoms with van der Waals surface area (Å²) in [4.78, 5) is 7.64. The number of hydrogen-bond donors (Lipinski definition) is 2. The van der Waals surface area contributed by atoms with E-state index in [1.807, 2.05) is 6.20 Å². The van der Waals surface area contributed by atoms with Gasteiger partial charge in [-0.25, -0.2) is 4.98 Å². The smallest absolute Gasteiger partial charge is 0.135 e. The number of hydrogen-bond acceptors (Lipinski definition) is 3. The highest BCUT2D eigenvalue weighted by Gasteiger charge is 2.20. The lowest BCUT2D eigenvalue weighted by Crippen LogP contribution is -2.15. The second kappa shape index (κ2) is 4.77. The lowest BCUT2D eigenvalue weighted by atomic mass is 10.3. The molecular weight excluding hydrogens is 190 g/mol. The van der Waals surface area contributed by atoms with Gasteiger partial charge in [0.25, 0.3) is 0 Å². The van der Waals surface area contributed by atoms with Crippen LogP contribution in [-0.4, -0.2) is 23.1 Å². The first-order valence-corrected chi connectivity index (χ1v) is 5.63. The third-order valence-corrected chi connectivity index (χ3v) is 2.77. The molecule has 1 heterocycles. The van der Waals surface area contributed by atoms with E-state index in [-0.39, 0.29) is 6.10 Å². The number of methoxy groups -OCH3 is 1. The van der Waals surface area contributed by atoms with Gasteiger partial charge in [0.1, 0.15) is 11.9 Å². The van der Waals surface area contributed by atoms with Crippen LogP contribution in [0, 0.1) is 0 Å². The summed E-state index contributed by atoms with van der Waals surface area (Å²) < 4.78 is 5.32. The highest BCUT2D eigenvalue weighted by Crippen LogP contribution is 2.20. The van der Waals surface area contributed by atoms with Crippen LogP contribution in [0.5, 0.6) is 0 Å². The Morgan fingerprint density at radius 2 is 2.47 bits per heavy atom. The Kier molecular flexibility index (Phi) is 3.38. The highest BCUT2D eigenvalue weighted by atomic mass is 16.5. The van der Waals surface area contributed by atoms with Gasteiger partial charge in [-0.2, -0.15) is 0 Å². The van der Waals surface area contributed by atoms with Crippen molar-refractivity contribution in [2.45, 2.75) is 44.9 Å².